The van der Waals surface area contributed by atoms with E-state index >= 15 is 0 Å². The Morgan fingerprint density at radius 1 is 1.21 bits per heavy atom. The highest BCUT2D eigenvalue weighted by Crippen LogP contribution is 2.46. The van der Waals surface area contributed by atoms with Crippen LogP contribution in [0.5, 0.6) is 17.2 Å². The molecule has 1 aliphatic carbocycles. The first kappa shape index (κ1) is 16.5. The Labute approximate surface area is 138 Å². The van der Waals surface area contributed by atoms with Crippen LogP contribution in [0.25, 0.3) is 0 Å². The smallest absolute Gasteiger partial charge is 0.196 e. The number of benzene rings is 1. The average Bonchev–Trinajstić information content (AvgIpc) is 2.54. The summed E-state index contributed by atoms with van der Waals surface area (Å²) in [5, 5.41) is 20.4. The van der Waals surface area contributed by atoms with E-state index in [1.807, 2.05) is 0 Å². The van der Waals surface area contributed by atoms with E-state index in [2.05, 4.69) is 0 Å². The van der Waals surface area contributed by atoms with Crippen molar-refractivity contribution in [2.45, 2.75) is 26.1 Å². The molecule has 7 nitrogen and oxygen atoms in total. The molecular formula is C17H18O7. The molecule has 128 valence electrons. The van der Waals surface area contributed by atoms with Crippen molar-refractivity contribution in [3.05, 3.63) is 28.3 Å². The van der Waals surface area contributed by atoms with Gasteiger partial charge in [0.05, 0.1) is 24.8 Å². The number of carbonyl (C=O) groups excluding carboxylic acids is 2. The van der Waals surface area contributed by atoms with E-state index in [-0.39, 0.29) is 41.1 Å². The summed E-state index contributed by atoms with van der Waals surface area (Å²) in [6.07, 6.45) is 0.0810. The van der Waals surface area contributed by atoms with Crippen molar-refractivity contribution >= 4 is 11.6 Å². The van der Waals surface area contributed by atoms with Gasteiger partial charge in [0.15, 0.2) is 28.9 Å². The number of aromatic hydroxyl groups is 2. The number of hydrogen-bond acceptors (Lipinski definition) is 7. The van der Waals surface area contributed by atoms with E-state index in [1.165, 1.54) is 7.11 Å². The van der Waals surface area contributed by atoms with Crippen LogP contribution in [-0.2, 0) is 9.47 Å². The van der Waals surface area contributed by atoms with Gasteiger partial charge in [-0.15, -0.1) is 0 Å². The molecule has 0 unspecified atom stereocenters. The average molecular weight is 334 g/mol. The number of Topliss-reactive ketones (excluding diaryl/α,β-unsaturated/α-hetero) is 2. The highest BCUT2D eigenvalue weighted by atomic mass is 16.7. The van der Waals surface area contributed by atoms with Crippen molar-refractivity contribution in [2.75, 3.05) is 20.3 Å². The molecule has 0 bridgehead atoms. The van der Waals surface area contributed by atoms with Crippen LogP contribution < -0.4 is 4.74 Å². The molecule has 0 spiro atoms. The monoisotopic (exact) mass is 334 g/mol. The third-order valence-electron chi connectivity index (χ3n) is 4.30. The normalized spacial score (nSPS) is 23.1. The summed E-state index contributed by atoms with van der Waals surface area (Å²) < 4.78 is 16.1. The largest absolute Gasteiger partial charge is 0.507 e. The quantitative estimate of drug-likeness (QED) is 0.815. The van der Waals surface area contributed by atoms with E-state index in [1.54, 1.807) is 13.8 Å². The molecule has 0 saturated heterocycles. The maximum absolute atomic E-state index is 12.9. The highest BCUT2D eigenvalue weighted by molar-refractivity contribution is 6.29. The third-order valence-corrected chi connectivity index (χ3v) is 4.30. The van der Waals surface area contributed by atoms with Gasteiger partial charge in [-0.25, -0.2) is 0 Å². The second kappa shape index (κ2) is 5.61. The van der Waals surface area contributed by atoms with Crippen LogP contribution in [-0.4, -0.2) is 47.9 Å². The molecule has 0 saturated carbocycles. The zero-order valence-corrected chi connectivity index (χ0v) is 13.6. The molecule has 1 aliphatic heterocycles. The molecule has 0 amide bonds. The fourth-order valence-corrected chi connectivity index (χ4v) is 3.15. The van der Waals surface area contributed by atoms with E-state index in [9.17, 15) is 19.8 Å². The molecule has 2 aliphatic rings. The van der Waals surface area contributed by atoms with Gasteiger partial charge in [-0.3, -0.25) is 9.59 Å². The maximum atomic E-state index is 12.9. The summed E-state index contributed by atoms with van der Waals surface area (Å²) in [5.41, 5.74) is -0.0424. The summed E-state index contributed by atoms with van der Waals surface area (Å²) >= 11 is 0. The van der Waals surface area contributed by atoms with Crippen LogP contribution in [0.3, 0.4) is 0 Å². The summed E-state index contributed by atoms with van der Waals surface area (Å²) in [6, 6.07) is 1.11. The molecule has 0 radical (unpaired) electrons. The van der Waals surface area contributed by atoms with Crippen LogP contribution in [0.2, 0.25) is 0 Å². The Morgan fingerprint density at radius 2 is 1.88 bits per heavy atom. The van der Waals surface area contributed by atoms with Gasteiger partial charge in [-0.2, -0.15) is 0 Å². The molecule has 1 atom stereocenters. The van der Waals surface area contributed by atoms with Crippen LogP contribution in [0.15, 0.2) is 17.2 Å². The maximum Gasteiger partial charge on any atom is 0.196 e. The lowest BCUT2D eigenvalue weighted by molar-refractivity contribution is -0.221. The summed E-state index contributed by atoms with van der Waals surface area (Å²) in [7, 11) is 1.29. The molecule has 24 heavy (non-hydrogen) atoms. The Kier molecular flexibility index (Phi) is 3.85. The number of phenolic OH excluding ortho intramolecular Hbond substituents is 2. The van der Waals surface area contributed by atoms with Crippen molar-refractivity contribution in [3.63, 3.8) is 0 Å². The van der Waals surface area contributed by atoms with Crippen molar-refractivity contribution < 1.29 is 34.0 Å². The first-order chi connectivity index (χ1) is 11.3. The third kappa shape index (κ3) is 2.28. The molecule has 7 heteroatoms. The SMILES string of the molecule is CCO[C@]1(C)CC2=C(CO1)C(=O)c1c(O)cc(OC)c(O)c1C2=O. The van der Waals surface area contributed by atoms with Gasteiger partial charge in [-0.1, -0.05) is 0 Å². The lowest BCUT2D eigenvalue weighted by atomic mass is 9.79. The predicted molar refractivity (Wildman–Crippen MR) is 82.6 cm³/mol. The van der Waals surface area contributed by atoms with E-state index < -0.39 is 28.9 Å². The van der Waals surface area contributed by atoms with Crippen molar-refractivity contribution in [2.24, 2.45) is 0 Å². The summed E-state index contributed by atoms with van der Waals surface area (Å²) in [5.74, 6) is -3.02. The number of methoxy groups -OCH3 is 1. The van der Waals surface area contributed by atoms with Gasteiger partial charge in [-0.05, 0) is 13.8 Å². The number of carbonyl (C=O) groups is 2. The molecule has 2 N–H and O–H groups in total. The van der Waals surface area contributed by atoms with Gasteiger partial charge in [0, 0.05) is 30.2 Å². The molecule has 1 aromatic rings. The topological polar surface area (TPSA) is 102 Å². The van der Waals surface area contributed by atoms with Gasteiger partial charge in [0.25, 0.3) is 0 Å². The van der Waals surface area contributed by atoms with Crippen LogP contribution in [0.4, 0.5) is 0 Å². The fraction of sp³-hybridized carbons (Fsp3) is 0.412. The minimum absolute atomic E-state index is 0.0731. The minimum atomic E-state index is -1.02. The number of phenols is 2. The first-order valence-electron chi connectivity index (χ1n) is 7.55. The van der Waals surface area contributed by atoms with Crippen LogP contribution in [0.1, 0.15) is 41.0 Å². The molecule has 3 rings (SSSR count). The lowest BCUT2D eigenvalue weighted by Gasteiger charge is -2.37. The fourth-order valence-electron chi connectivity index (χ4n) is 3.15. The number of ketones is 2. The predicted octanol–water partition coefficient (Wildman–Crippen LogP) is 1.95. The molecule has 0 fully saturated rings. The number of hydrogen-bond donors (Lipinski definition) is 2. The summed E-state index contributed by atoms with van der Waals surface area (Å²) in [6.45, 7) is 3.78. The van der Waals surface area contributed by atoms with Crippen molar-refractivity contribution in [3.8, 4) is 17.2 Å². The van der Waals surface area contributed by atoms with E-state index in [0.29, 0.717) is 6.61 Å². The summed E-state index contributed by atoms with van der Waals surface area (Å²) in [4.78, 5) is 25.6. The van der Waals surface area contributed by atoms with Gasteiger partial charge >= 0.3 is 0 Å². The Balaban J connectivity index is 2.16. The Bertz CT molecular complexity index is 778. The number of rotatable bonds is 3. The number of ether oxygens (including phenoxy) is 3. The standard InChI is InChI=1S/C17H18O7/c1-4-23-17(2)6-8-9(7-24-17)15(20)12-10(18)5-11(22-3)16(21)13(12)14(8)19/h5,18,21H,4,6-7H2,1-3H3/t17-/m0/s1. The zero-order valence-electron chi connectivity index (χ0n) is 13.6. The second-order valence-corrected chi connectivity index (χ2v) is 5.84. The number of fused-ring (bicyclic) bond motifs is 1. The Morgan fingerprint density at radius 3 is 2.50 bits per heavy atom. The van der Waals surface area contributed by atoms with Gasteiger partial charge in [0.1, 0.15) is 5.75 Å². The van der Waals surface area contributed by atoms with Crippen molar-refractivity contribution in [1.82, 2.24) is 0 Å². The molecule has 1 heterocycles. The molecule has 0 aromatic heterocycles. The first-order valence-corrected chi connectivity index (χ1v) is 7.55. The van der Waals surface area contributed by atoms with E-state index in [0.717, 1.165) is 6.07 Å². The second-order valence-electron chi connectivity index (χ2n) is 5.84. The molecule has 1 aromatic carbocycles. The highest BCUT2D eigenvalue weighted by Gasteiger charge is 2.44. The van der Waals surface area contributed by atoms with Crippen LogP contribution in [0, 0.1) is 0 Å². The van der Waals surface area contributed by atoms with Crippen molar-refractivity contribution in [1.29, 1.82) is 0 Å². The lowest BCUT2D eigenvalue weighted by Crippen LogP contribution is -2.41. The Hall–Kier alpha value is -2.38. The van der Waals surface area contributed by atoms with Gasteiger partial charge < -0.3 is 24.4 Å². The van der Waals surface area contributed by atoms with E-state index in [4.69, 9.17) is 14.2 Å². The van der Waals surface area contributed by atoms with Crippen LogP contribution >= 0.6 is 0 Å². The zero-order chi connectivity index (χ0) is 17.6. The minimum Gasteiger partial charge on any atom is -0.507 e. The van der Waals surface area contributed by atoms with Gasteiger partial charge in [0.2, 0.25) is 0 Å². The molecular weight excluding hydrogens is 316 g/mol.